The minimum absolute atomic E-state index is 0.106. The zero-order chi connectivity index (χ0) is 10.7. The number of aliphatic hydroxyl groups is 1. The lowest BCUT2D eigenvalue weighted by molar-refractivity contribution is 0.0877. The highest BCUT2D eigenvalue weighted by Crippen LogP contribution is 2.19. The molecule has 1 aliphatic heterocycles. The molecule has 3 nitrogen and oxygen atoms in total. The van der Waals surface area contributed by atoms with E-state index in [0.29, 0.717) is 12.1 Å². The number of hydrogen-bond acceptors (Lipinski definition) is 3. The van der Waals surface area contributed by atoms with E-state index in [1.165, 1.54) is 32.2 Å². The molecule has 0 bridgehead atoms. The third kappa shape index (κ3) is 2.92. The number of aliphatic hydroxyl groups excluding tert-OH is 1. The number of likely N-dealkylation sites (tertiary alicyclic amines) is 1. The second-order valence-corrected chi connectivity index (χ2v) is 5.14. The van der Waals surface area contributed by atoms with Crippen molar-refractivity contribution in [1.29, 1.82) is 0 Å². The fourth-order valence-electron chi connectivity index (χ4n) is 2.87. The summed E-state index contributed by atoms with van der Waals surface area (Å²) >= 11 is 0. The van der Waals surface area contributed by atoms with E-state index in [-0.39, 0.29) is 6.10 Å². The number of nitrogens with one attached hydrogen (secondary N) is 1. The molecule has 3 atom stereocenters. The van der Waals surface area contributed by atoms with Crippen molar-refractivity contribution in [3.05, 3.63) is 0 Å². The lowest BCUT2D eigenvalue weighted by Gasteiger charge is -2.30. The fraction of sp³-hybridized carbons (Fsp3) is 1.00. The second-order valence-electron chi connectivity index (χ2n) is 5.14. The largest absolute Gasteiger partial charge is 0.392 e. The lowest BCUT2D eigenvalue weighted by Crippen LogP contribution is -2.46. The first kappa shape index (κ1) is 11.4. The van der Waals surface area contributed by atoms with Gasteiger partial charge in [0.1, 0.15) is 0 Å². The molecule has 0 aromatic rings. The Morgan fingerprint density at radius 1 is 1.20 bits per heavy atom. The summed E-state index contributed by atoms with van der Waals surface area (Å²) in [6.07, 6.45) is 7.14. The summed E-state index contributed by atoms with van der Waals surface area (Å²) in [5, 5.41) is 13.4. The molecule has 1 unspecified atom stereocenters. The van der Waals surface area contributed by atoms with E-state index in [1.54, 1.807) is 0 Å². The normalized spacial score (nSPS) is 38.4. The Labute approximate surface area is 92.8 Å². The van der Waals surface area contributed by atoms with E-state index in [0.717, 1.165) is 19.4 Å². The van der Waals surface area contributed by atoms with Crippen LogP contribution in [0.5, 0.6) is 0 Å². The van der Waals surface area contributed by atoms with Crippen LogP contribution in [0.4, 0.5) is 0 Å². The minimum atomic E-state index is -0.106. The maximum absolute atomic E-state index is 9.83. The van der Waals surface area contributed by atoms with Crippen LogP contribution in [0.2, 0.25) is 0 Å². The van der Waals surface area contributed by atoms with Crippen LogP contribution in [-0.4, -0.2) is 48.3 Å². The van der Waals surface area contributed by atoms with Gasteiger partial charge >= 0.3 is 0 Å². The Bertz CT molecular complexity index is 198. The lowest BCUT2D eigenvalue weighted by atomic mass is 9.92. The van der Waals surface area contributed by atoms with Gasteiger partial charge in [0.2, 0.25) is 0 Å². The topological polar surface area (TPSA) is 35.5 Å². The Morgan fingerprint density at radius 2 is 2.00 bits per heavy atom. The summed E-state index contributed by atoms with van der Waals surface area (Å²) in [7, 11) is 2.21. The van der Waals surface area contributed by atoms with Crippen LogP contribution in [0.1, 0.15) is 38.5 Å². The predicted octanol–water partition coefficient (Wildman–Crippen LogP) is 0.974. The SMILES string of the molecule is CN1CCCC1CN[C@@H]1CCCC[C@H]1O. The highest BCUT2D eigenvalue weighted by Gasteiger charge is 2.25. The summed E-state index contributed by atoms with van der Waals surface area (Å²) in [6, 6.07) is 1.05. The molecule has 1 aliphatic carbocycles. The van der Waals surface area contributed by atoms with Gasteiger partial charge in [-0.15, -0.1) is 0 Å². The molecule has 2 N–H and O–H groups in total. The van der Waals surface area contributed by atoms with Crippen LogP contribution in [0, 0.1) is 0 Å². The van der Waals surface area contributed by atoms with Crippen LogP contribution in [0.15, 0.2) is 0 Å². The van der Waals surface area contributed by atoms with Crippen molar-refractivity contribution < 1.29 is 5.11 Å². The molecule has 88 valence electrons. The molecule has 0 amide bonds. The van der Waals surface area contributed by atoms with E-state index in [1.807, 2.05) is 0 Å². The van der Waals surface area contributed by atoms with Gasteiger partial charge in [0.25, 0.3) is 0 Å². The molecule has 15 heavy (non-hydrogen) atoms. The molecule has 0 radical (unpaired) electrons. The summed E-state index contributed by atoms with van der Waals surface area (Å²) < 4.78 is 0. The standard InChI is InChI=1S/C12H24N2O/c1-14-8-4-5-10(14)9-13-11-6-2-3-7-12(11)15/h10-13,15H,2-9H2,1H3/t10?,11-,12-/m1/s1. The molecule has 2 rings (SSSR count). The maximum Gasteiger partial charge on any atom is 0.0693 e. The third-order valence-corrected chi connectivity index (χ3v) is 4.02. The molecule has 3 heteroatoms. The van der Waals surface area contributed by atoms with Crippen LogP contribution in [-0.2, 0) is 0 Å². The van der Waals surface area contributed by atoms with E-state index >= 15 is 0 Å². The van der Waals surface area contributed by atoms with Crippen LogP contribution < -0.4 is 5.32 Å². The summed E-state index contributed by atoms with van der Waals surface area (Å²) in [5.74, 6) is 0. The van der Waals surface area contributed by atoms with Gasteiger partial charge in [-0.25, -0.2) is 0 Å². The van der Waals surface area contributed by atoms with Crippen molar-refractivity contribution >= 4 is 0 Å². The fourth-order valence-corrected chi connectivity index (χ4v) is 2.87. The first-order valence-corrected chi connectivity index (χ1v) is 6.39. The molecule has 1 heterocycles. The zero-order valence-corrected chi connectivity index (χ0v) is 9.78. The molecule has 0 aromatic carbocycles. The van der Waals surface area contributed by atoms with E-state index in [2.05, 4.69) is 17.3 Å². The average Bonchev–Trinajstić information content (AvgIpc) is 2.63. The third-order valence-electron chi connectivity index (χ3n) is 4.02. The quantitative estimate of drug-likeness (QED) is 0.732. The average molecular weight is 212 g/mol. The number of nitrogens with zero attached hydrogens (tertiary/aromatic N) is 1. The van der Waals surface area contributed by atoms with Crippen LogP contribution in [0.25, 0.3) is 0 Å². The van der Waals surface area contributed by atoms with Gasteiger partial charge in [-0.2, -0.15) is 0 Å². The van der Waals surface area contributed by atoms with Crippen LogP contribution >= 0.6 is 0 Å². The summed E-state index contributed by atoms with van der Waals surface area (Å²) in [6.45, 7) is 2.29. The smallest absolute Gasteiger partial charge is 0.0693 e. The van der Waals surface area contributed by atoms with Gasteiger partial charge in [-0.1, -0.05) is 12.8 Å². The van der Waals surface area contributed by atoms with E-state index in [9.17, 15) is 5.11 Å². The highest BCUT2D eigenvalue weighted by molar-refractivity contribution is 4.84. The van der Waals surface area contributed by atoms with Gasteiger partial charge in [0.05, 0.1) is 6.10 Å². The van der Waals surface area contributed by atoms with Crippen molar-refractivity contribution in [2.24, 2.45) is 0 Å². The van der Waals surface area contributed by atoms with Gasteiger partial charge in [-0.3, -0.25) is 0 Å². The predicted molar refractivity (Wildman–Crippen MR) is 61.9 cm³/mol. The Balaban J connectivity index is 1.72. The molecule has 2 aliphatic rings. The van der Waals surface area contributed by atoms with E-state index in [4.69, 9.17) is 0 Å². The number of rotatable bonds is 3. The summed E-state index contributed by atoms with van der Waals surface area (Å²) in [4.78, 5) is 2.43. The van der Waals surface area contributed by atoms with Gasteiger partial charge in [-0.05, 0) is 39.3 Å². The first-order valence-electron chi connectivity index (χ1n) is 6.39. The summed E-state index contributed by atoms with van der Waals surface area (Å²) in [5.41, 5.74) is 0. The van der Waals surface area contributed by atoms with Gasteiger partial charge in [0.15, 0.2) is 0 Å². The van der Waals surface area contributed by atoms with Crippen LogP contribution in [0.3, 0.4) is 0 Å². The molecular formula is C12H24N2O. The van der Waals surface area contributed by atoms with Crippen molar-refractivity contribution in [2.75, 3.05) is 20.1 Å². The van der Waals surface area contributed by atoms with Gasteiger partial charge < -0.3 is 15.3 Å². The van der Waals surface area contributed by atoms with Crippen molar-refractivity contribution in [1.82, 2.24) is 10.2 Å². The Hall–Kier alpha value is -0.120. The van der Waals surface area contributed by atoms with Crippen molar-refractivity contribution in [3.63, 3.8) is 0 Å². The molecule has 0 aromatic heterocycles. The highest BCUT2D eigenvalue weighted by atomic mass is 16.3. The molecule has 2 fully saturated rings. The Kier molecular flexibility index (Phi) is 4.00. The minimum Gasteiger partial charge on any atom is -0.392 e. The number of likely N-dealkylation sites (N-methyl/N-ethyl adjacent to an activating group) is 1. The Morgan fingerprint density at radius 3 is 2.67 bits per heavy atom. The number of hydrogen-bond donors (Lipinski definition) is 2. The molecule has 1 saturated carbocycles. The molecule has 1 saturated heterocycles. The van der Waals surface area contributed by atoms with E-state index < -0.39 is 0 Å². The first-order chi connectivity index (χ1) is 7.27. The van der Waals surface area contributed by atoms with Crippen molar-refractivity contribution in [2.45, 2.75) is 56.7 Å². The van der Waals surface area contributed by atoms with Crippen molar-refractivity contribution in [3.8, 4) is 0 Å². The second kappa shape index (κ2) is 5.28. The monoisotopic (exact) mass is 212 g/mol. The van der Waals surface area contributed by atoms with Gasteiger partial charge in [0, 0.05) is 18.6 Å². The molecule has 0 spiro atoms. The zero-order valence-electron chi connectivity index (χ0n) is 9.78. The molecular weight excluding hydrogens is 188 g/mol. The maximum atomic E-state index is 9.83.